The summed E-state index contributed by atoms with van der Waals surface area (Å²) in [6, 6.07) is 1.40. The number of nitrogens with zero attached hydrogens (tertiary/aromatic N) is 2. The molecule has 1 aliphatic heterocycles. The molecule has 1 aromatic rings. The highest BCUT2D eigenvalue weighted by Gasteiger charge is 2.35. The third-order valence-corrected chi connectivity index (χ3v) is 2.75. The molecule has 2 amide bonds. The van der Waals surface area contributed by atoms with E-state index in [2.05, 4.69) is 10.3 Å². The summed E-state index contributed by atoms with van der Waals surface area (Å²) in [6.07, 6.45) is 3.56. The van der Waals surface area contributed by atoms with Gasteiger partial charge >= 0.3 is 0 Å². The highest BCUT2D eigenvalue weighted by molar-refractivity contribution is 6.06. The maximum absolute atomic E-state index is 11.7. The Bertz CT molecular complexity index is 445. The van der Waals surface area contributed by atoms with E-state index in [-0.39, 0.29) is 18.2 Å². The Balaban J connectivity index is 2.15. The van der Waals surface area contributed by atoms with Crippen molar-refractivity contribution in [3.05, 3.63) is 24.0 Å². The molecule has 1 atom stereocenters. The Hall–Kier alpha value is -1.91. The summed E-state index contributed by atoms with van der Waals surface area (Å²) >= 11 is 0. The van der Waals surface area contributed by atoms with Gasteiger partial charge in [-0.05, 0) is 18.6 Å². The van der Waals surface area contributed by atoms with Gasteiger partial charge in [0.1, 0.15) is 6.04 Å². The van der Waals surface area contributed by atoms with Crippen molar-refractivity contribution in [3.8, 4) is 0 Å². The van der Waals surface area contributed by atoms with Gasteiger partial charge in [-0.1, -0.05) is 0 Å². The number of hydrogen-bond acceptors (Lipinski definition) is 4. The van der Waals surface area contributed by atoms with Crippen LogP contribution in [0, 0.1) is 6.92 Å². The fourth-order valence-electron chi connectivity index (χ4n) is 1.67. The number of likely N-dealkylation sites (tertiary alicyclic amines) is 1. The number of pyridine rings is 1. The van der Waals surface area contributed by atoms with E-state index in [9.17, 15) is 9.59 Å². The van der Waals surface area contributed by atoms with Crippen LogP contribution < -0.4 is 5.32 Å². The lowest BCUT2D eigenvalue weighted by atomic mass is 10.2. The fourth-order valence-corrected chi connectivity index (χ4v) is 1.67. The number of aromatic nitrogens is 1. The minimum atomic E-state index is -0.458. The number of nitrogens with one attached hydrogen (secondary N) is 1. The lowest BCUT2D eigenvalue weighted by molar-refractivity contribution is -0.136. The maximum Gasteiger partial charge on any atom is 0.251 e. The summed E-state index contributed by atoms with van der Waals surface area (Å²) in [5, 5.41) is 3.05. The van der Waals surface area contributed by atoms with Gasteiger partial charge in [0, 0.05) is 13.2 Å². The van der Waals surface area contributed by atoms with Crippen LogP contribution in [0.25, 0.3) is 0 Å². The average molecular weight is 219 g/mol. The van der Waals surface area contributed by atoms with Crippen LogP contribution >= 0.6 is 0 Å². The number of imide groups is 1. The Morgan fingerprint density at radius 2 is 2.25 bits per heavy atom. The van der Waals surface area contributed by atoms with Gasteiger partial charge in [0.25, 0.3) is 5.91 Å². The molecular formula is C11H13N3O2. The number of aryl methyl sites for hydroxylation is 1. The second kappa shape index (κ2) is 3.92. The van der Waals surface area contributed by atoms with Crippen molar-refractivity contribution in [1.29, 1.82) is 0 Å². The van der Waals surface area contributed by atoms with Crippen molar-refractivity contribution >= 4 is 17.5 Å². The molecule has 84 valence electrons. The normalized spacial score (nSPS) is 20.4. The molecule has 0 aromatic carbocycles. The summed E-state index contributed by atoms with van der Waals surface area (Å²) in [4.78, 5) is 28.1. The Morgan fingerprint density at radius 3 is 2.81 bits per heavy atom. The summed E-state index contributed by atoms with van der Waals surface area (Å²) in [7, 11) is 1.50. The van der Waals surface area contributed by atoms with Crippen molar-refractivity contribution in [2.75, 3.05) is 12.4 Å². The zero-order valence-electron chi connectivity index (χ0n) is 9.23. The zero-order valence-corrected chi connectivity index (χ0v) is 9.23. The third kappa shape index (κ3) is 1.76. The summed E-state index contributed by atoms with van der Waals surface area (Å²) in [5.74, 6) is -0.336. The largest absolute Gasteiger partial charge is 0.372 e. The van der Waals surface area contributed by atoms with Gasteiger partial charge in [-0.2, -0.15) is 0 Å². The molecule has 2 rings (SSSR count). The second-order valence-corrected chi connectivity index (χ2v) is 3.88. The third-order valence-electron chi connectivity index (χ3n) is 2.75. The molecular weight excluding hydrogens is 206 g/mol. The molecule has 1 fully saturated rings. The van der Waals surface area contributed by atoms with Crippen molar-refractivity contribution in [2.45, 2.75) is 19.4 Å². The van der Waals surface area contributed by atoms with E-state index in [4.69, 9.17) is 0 Å². The highest BCUT2D eigenvalue weighted by atomic mass is 16.2. The number of carbonyl (C=O) groups is 2. The first-order chi connectivity index (χ1) is 7.59. The van der Waals surface area contributed by atoms with Crippen molar-refractivity contribution in [2.24, 2.45) is 0 Å². The van der Waals surface area contributed by atoms with E-state index in [1.807, 2.05) is 13.0 Å². The highest BCUT2D eigenvalue weighted by Crippen LogP contribution is 2.18. The smallest absolute Gasteiger partial charge is 0.251 e. The number of carbonyl (C=O) groups excluding carboxylic acids is 2. The van der Waals surface area contributed by atoms with E-state index in [1.54, 1.807) is 12.4 Å². The van der Waals surface area contributed by atoms with Gasteiger partial charge in [0.05, 0.1) is 18.3 Å². The minimum absolute atomic E-state index is 0.149. The zero-order chi connectivity index (χ0) is 11.7. The minimum Gasteiger partial charge on any atom is -0.372 e. The van der Waals surface area contributed by atoms with Gasteiger partial charge in [-0.25, -0.2) is 0 Å². The molecule has 1 aliphatic rings. The predicted molar refractivity (Wildman–Crippen MR) is 58.8 cm³/mol. The van der Waals surface area contributed by atoms with Gasteiger partial charge in [-0.3, -0.25) is 19.5 Å². The molecule has 1 saturated heterocycles. The number of anilines is 1. The first kappa shape index (κ1) is 10.6. The molecule has 0 radical (unpaired) electrons. The van der Waals surface area contributed by atoms with E-state index in [1.165, 1.54) is 7.05 Å². The second-order valence-electron chi connectivity index (χ2n) is 3.88. The maximum atomic E-state index is 11.7. The summed E-state index contributed by atoms with van der Waals surface area (Å²) < 4.78 is 0. The van der Waals surface area contributed by atoms with E-state index >= 15 is 0 Å². The van der Waals surface area contributed by atoms with Gasteiger partial charge in [0.15, 0.2) is 0 Å². The van der Waals surface area contributed by atoms with Crippen molar-refractivity contribution in [1.82, 2.24) is 9.88 Å². The molecule has 0 spiro atoms. The SMILES string of the molecule is Cc1ccncc1NC1CC(=O)N(C)C1=O. The van der Waals surface area contributed by atoms with Crippen LogP contribution in [0.15, 0.2) is 18.5 Å². The van der Waals surface area contributed by atoms with Crippen LogP contribution in [0.5, 0.6) is 0 Å². The Kier molecular flexibility index (Phi) is 2.60. The van der Waals surface area contributed by atoms with Crippen LogP contribution in [0.3, 0.4) is 0 Å². The Morgan fingerprint density at radius 1 is 1.50 bits per heavy atom. The summed E-state index contributed by atoms with van der Waals surface area (Å²) in [6.45, 7) is 1.93. The molecule has 5 nitrogen and oxygen atoms in total. The molecule has 0 aliphatic carbocycles. The molecule has 1 N–H and O–H groups in total. The van der Waals surface area contributed by atoms with Crippen LogP contribution in [0.4, 0.5) is 5.69 Å². The first-order valence-electron chi connectivity index (χ1n) is 5.07. The number of amides is 2. The topological polar surface area (TPSA) is 62.3 Å². The van der Waals surface area contributed by atoms with Crippen molar-refractivity contribution in [3.63, 3.8) is 0 Å². The fraction of sp³-hybridized carbons (Fsp3) is 0.364. The van der Waals surface area contributed by atoms with E-state index in [0.29, 0.717) is 0 Å². The molecule has 0 bridgehead atoms. The summed E-state index contributed by atoms with van der Waals surface area (Å²) in [5.41, 5.74) is 1.80. The molecule has 16 heavy (non-hydrogen) atoms. The van der Waals surface area contributed by atoms with Gasteiger partial charge < -0.3 is 5.32 Å². The quantitative estimate of drug-likeness (QED) is 0.738. The van der Waals surface area contributed by atoms with Gasteiger partial charge in [-0.15, -0.1) is 0 Å². The molecule has 0 saturated carbocycles. The average Bonchev–Trinajstić information content (AvgIpc) is 2.50. The van der Waals surface area contributed by atoms with Crippen LogP contribution in [-0.4, -0.2) is 34.8 Å². The lowest BCUT2D eigenvalue weighted by Gasteiger charge is -2.13. The Labute approximate surface area is 93.5 Å². The molecule has 1 aromatic heterocycles. The molecule has 1 unspecified atom stereocenters. The standard InChI is InChI=1S/C11H13N3O2/c1-7-3-4-12-6-9(7)13-8-5-10(15)14(2)11(8)16/h3-4,6,8,13H,5H2,1-2H3. The molecule has 5 heteroatoms. The van der Waals surface area contributed by atoms with E-state index < -0.39 is 6.04 Å². The lowest BCUT2D eigenvalue weighted by Crippen LogP contribution is -2.32. The van der Waals surface area contributed by atoms with Crippen LogP contribution in [0.2, 0.25) is 0 Å². The monoisotopic (exact) mass is 219 g/mol. The molecule has 2 heterocycles. The van der Waals surface area contributed by atoms with Crippen LogP contribution in [-0.2, 0) is 9.59 Å². The van der Waals surface area contributed by atoms with Gasteiger partial charge in [0.2, 0.25) is 5.91 Å². The first-order valence-corrected chi connectivity index (χ1v) is 5.07. The number of likely N-dealkylation sites (N-methyl/N-ethyl adjacent to an activating group) is 1. The number of hydrogen-bond donors (Lipinski definition) is 1. The van der Waals surface area contributed by atoms with Crippen LogP contribution in [0.1, 0.15) is 12.0 Å². The van der Waals surface area contributed by atoms with E-state index in [0.717, 1.165) is 16.2 Å². The van der Waals surface area contributed by atoms with Crippen molar-refractivity contribution < 1.29 is 9.59 Å². The predicted octanol–water partition coefficient (Wildman–Crippen LogP) is 0.559. The number of rotatable bonds is 2.